The van der Waals surface area contributed by atoms with E-state index >= 15 is 0 Å². The molecular weight excluding hydrogens is 570 g/mol. The number of hydrogen-bond donors (Lipinski definition) is 2. The Hall–Kier alpha value is -4.34. The third-order valence-electron chi connectivity index (χ3n) is 8.39. The maximum absolute atomic E-state index is 13.8. The van der Waals surface area contributed by atoms with Gasteiger partial charge in [-0.3, -0.25) is 9.59 Å². The lowest BCUT2D eigenvalue weighted by molar-refractivity contribution is 0.0103. The van der Waals surface area contributed by atoms with Crippen molar-refractivity contribution < 1.29 is 19.1 Å². The molecule has 0 bridgehead atoms. The first-order valence-corrected chi connectivity index (χ1v) is 15.6. The summed E-state index contributed by atoms with van der Waals surface area (Å²) in [6.45, 7) is 16.9. The Bertz CT molecular complexity index is 1590. The van der Waals surface area contributed by atoms with Crippen LogP contribution in [0, 0.1) is 20.8 Å². The molecule has 0 spiro atoms. The summed E-state index contributed by atoms with van der Waals surface area (Å²) in [5.41, 5.74) is 5.39. The fraction of sp³-hybridized carbons (Fsp3) is 0.486. The number of anilines is 1. The molecule has 1 aromatic carbocycles. The lowest BCUT2D eigenvalue weighted by Gasteiger charge is -2.43. The number of amides is 2. The number of aromatic nitrogens is 2. The fourth-order valence-corrected chi connectivity index (χ4v) is 6.08. The van der Waals surface area contributed by atoms with Gasteiger partial charge in [0.05, 0.1) is 7.11 Å². The molecule has 2 aromatic heterocycles. The number of rotatable bonds is 8. The Balaban J connectivity index is 1.68. The maximum Gasteiger partial charge on any atom is 0.410 e. The van der Waals surface area contributed by atoms with Crippen LogP contribution in [0.5, 0.6) is 5.88 Å². The van der Waals surface area contributed by atoms with Gasteiger partial charge in [-0.15, -0.1) is 0 Å². The van der Waals surface area contributed by atoms with E-state index in [1.165, 1.54) is 0 Å². The van der Waals surface area contributed by atoms with Crippen molar-refractivity contribution in [2.24, 2.45) is 0 Å². The molecule has 1 aliphatic heterocycles. The Morgan fingerprint density at radius 1 is 1.13 bits per heavy atom. The number of pyridine rings is 2. The molecule has 1 aliphatic rings. The van der Waals surface area contributed by atoms with Gasteiger partial charge in [0.1, 0.15) is 5.60 Å². The smallest absolute Gasteiger partial charge is 0.410 e. The number of nitrogens with zero attached hydrogens (tertiary/aromatic N) is 3. The van der Waals surface area contributed by atoms with E-state index < -0.39 is 5.60 Å². The number of aromatic amines is 1. The van der Waals surface area contributed by atoms with Crippen molar-refractivity contribution in [3.8, 4) is 17.0 Å². The molecule has 242 valence electrons. The van der Waals surface area contributed by atoms with Gasteiger partial charge in [-0.1, -0.05) is 0 Å². The fourth-order valence-electron chi connectivity index (χ4n) is 6.08. The second kappa shape index (κ2) is 13.7. The molecule has 0 saturated carbocycles. The van der Waals surface area contributed by atoms with E-state index in [9.17, 15) is 14.4 Å². The van der Waals surface area contributed by atoms with Gasteiger partial charge >= 0.3 is 6.09 Å². The van der Waals surface area contributed by atoms with Crippen molar-refractivity contribution in [3.05, 3.63) is 74.8 Å². The Morgan fingerprint density at radius 2 is 1.87 bits per heavy atom. The Kier molecular flexibility index (Phi) is 10.3. The summed E-state index contributed by atoms with van der Waals surface area (Å²) in [6.07, 6.45) is 2.98. The van der Waals surface area contributed by atoms with Crippen LogP contribution in [-0.2, 0) is 11.3 Å². The largest absolute Gasteiger partial charge is 0.481 e. The molecule has 3 aromatic rings. The second-order valence-corrected chi connectivity index (χ2v) is 12.9. The second-order valence-electron chi connectivity index (χ2n) is 12.9. The van der Waals surface area contributed by atoms with Crippen LogP contribution in [0.3, 0.4) is 0 Å². The lowest BCUT2D eigenvalue weighted by atomic mass is 9.93. The first-order valence-electron chi connectivity index (χ1n) is 15.6. The molecule has 2 unspecified atom stereocenters. The van der Waals surface area contributed by atoms with Crippen LogP contribution in [0.1, 0.15) is 80.2 Å². The minimum atomic E-state index is -0.556. The van der Waals surface area contributed by atoms with Gasteiger partial charge in [0, 0.05) is 72.1 Å². The van der Waals surface area contributed by atoms with Gasteiger partial charge in [0.15, 0.2) is 0 Å². The first-order chi connectivity index (χ1) is 21.2. The Labute approximate surface area is 266 Å². The standard InChI is InChI=1S/C35H47N5O5/c1-10-39(27-13-14-40(23(4)16-27)34(43)45-35(6,7)8)30-18-26(25-11-12-31(44-9)36-19-25)17-28(24(30)5)32(41)37-20-29-21(2)15-22(3)38-33(29)42/h11-12,15,17-19,23,27H,10,13-14,16,20H2,1-9H3,(H,37,41)(H,38,42). The summed E-state index contributed by atoms with van der Waals surface area (Å²) < 4.78 is 10.9. The quantitative estimate of drug-likeness (QED) is 0.323. The predicted octanol–water partition coefficient (Wildman–Crippen LogP) is 5.92. The van der Waals surface area contributed by atoms with Crippen LogP contribution in [-0.4, -0.2) is 64.8 Å². The van der Waals surface area contributed by atoms with Crippen LogP contribution >= 0.6 is 0 Å². The van der Waals surface area contributed by atoms with Gasteiger partial charge in [0.2, 0.25) is 5.88 Å². The number of aryl methyl sites for hydroxylation is 2. The highest BCUT2D eigenvalue weighted by atomic mass is 16.6. The van der Waals surface area contributed by atoms with Crippen LogP contribution in [0.2, 0.25) is 0 Å². The van der Waals surface area contributed by atoms with E-state index in [4.69, 9.17) is 9.47 Å². The molecule has 0 radical (unpaired) electrons. The molecule has 10 nitrogen and oxygen atoms in total. The van der Waals surface area contributed by atoms with Crippen LogP contribution in [0.25, 0.3) is 11.1 Å². The molecule has 2 amide bonds. The molecule has 2 N–H and O–H groups in total. The van der Waals surface area contributed by atoms with Gasteiger partial charge in [-0.25, -0.2) is 9.78 Å². The monoisotopic (exact) mass is 617 g/mol. The molecule has 1 fully saturated rings. The van der Waals surface area contributed by atoms with E-state index in [1.54, 1.807) is 19.4 Å². The SMILES string of the molecule is CCN(c1cc(-c2ccc(OC)nc2)cc(C(=O)NCc2c(C)cc(C)[nH]c2=O)c1C)C1CCN(C(=O)OC(C)(C)C)C(C)C1. The summed E-state index contributed by atoms with van der Waals surface area (Å²) in [7, 11) is 1.57. The lowest BCUT2D eigenvalue weighted by Crippen LogP contribution is -2.52. The van der Waals surface area contributed by atoms with E-state index in [1.807, 2.05) is 64.6 Å². The summed E-state index contributed by atoms with van der Waals surface area (Å²) in [5, 5.41) is 2.99. The molecule has 2 atom stereocenters. The van der Waals surface area contributed by atoms with Crippen molar-refractivity contribution in [2.45, 2.75) is 92.5 Å². The highest BCUT2D eigenvalue weighted by Gasteiger charge is 2.34. The van der Waals surface area contributed by atoms with Crippen molar-refractivity contribution in [1.29, 1.82) is 0 Å². The van der Waals surface area contributed by atoms with Crippen molar-refractivity contribution in [1.82, 2.24) is 20.2 Å². The molecular formula is C35H47N5O5. The number of likely N-dealkylation sites (tertiary alicyclic amines) is 1. The normalized spacial score (nSPS) is 16.7. The van der Waals surface area contributed by atoms with Crippen molar-refractivity contribution >= 4 is 17.7 Å². The summed E-state index contributed by atoms with van der Waals surface area (Å²) in [4.78, 5) is 50.7. The minimum absolute atomic E-state index is 0.0134. The number of carbonyl (C=O) groups is 2. The number of nitrogens with one attached hydrogen (secondary N) is 2. The highest BCUT2D eigenvalue weighted by Crippen LogP contribution is 2.35. The number of piperidine rings is 1. The van der Waals surface area contributed by atoms with E-state index in [-0.39, 0.29) is 36.2 Å². The summed E-state index contributed by atoms with van der Waals surface area (Å²) in [6, 6.07) is 9.75. The molecule has 3 heterocycles. The van der Waals surface area contributed by atoms with E-state index in [0.29, 0.717) is 30.1 Å². The molecule has 10 heteroatoms. The van der Waals surface area contributed by atoms with Crippen LogP contribution in [0.15, 0.2) is 41.3 Å². The van der Waals surface area contributed by atoms with Gasteiger partial charge in [0.25, 0.3) is 11.5 Å². The highest BCUT2D eigenvalue weighted by molar-refractivity contribution is 5.99. The number of benzene rings is 1. The van der Waals surface area contributed by atoms with E-state index in [0.717, 1.165) is 46.5 Å². The number of carbonyl (C=O) groups excluding carboxylic acids is 2. The molecule has 4 rings (SSSR count). The topological polar surface area (TPSA) is 117 Å². The average Bonchev–Trinajstić information content (AvgIpc) is 2.97. The number of H-pyrrole nitrogens is 1. The minimum Gasteiger partial charge on any atom is -0.481 e. The predicted molar refractivity (Wildman–Crippen MR) is 177 cm³/mol. The van der Waals surface area contributed by atoms with E-state index in [2.05, 4.69) is 40.1 Å². The molecule has 0 aliphatic carbocycles. The number of hydrogen-bond acceptors (Lipinski definition) is 7. The Morgan fingerprint density at radius 3 is 2.44 bits per heavy atom. The first kappa shape index (κ1) is 33.6. The van der Waals surface area contributed by atoms with Gasteiger partial charge in [-0.05, 0) is 109 Å². The zero-order chi connectivity index (χ0) is 33.1. The van der Waals surface area contributed by atoms with Crippen molar-refractivity contribution in [2.75, 3.05) is 25.1 Å². The molecule has 1 saturated heterocycles. The number of methoxy groups -OCH3 is 1. The average molecular weight is 618 g/mol. The summed E-state index contributed by atoms with van der Waals surface area (Å²) >= 11 is 0. The zero-order valence-corrected chi connectivity index (χ0v) is 28.0. The maximum atomic E-state index is 13.8. The third-order valence-corrected chi connectivity index (χ3v) is 8.39. The summed E-state index contributed by atoms with van der Waals surface area (Å²) in [5.74, 6) is 0.240. The van der Waals surface area contributed by atoms with Gasteiger partial charge in [-0.2, -0.15) is 0 Å². The van der Waals surface area contributed by atoms with Crippen molar-refractivity contribution in [3.63, 3.8) is 0 Å². The zero-order valence-electron chi connectivity index (χ0n) is 28.0. The number of ether oxygens (including phenoxy) is 2. The van der Waals surface area contributed by atoms with Crippen LogP contribution < -0.4 is 20.5 Å². The van der Waals surface area contributed by atoms with Crippen LogP contribution in [0.4, 0.5) is 10.5 Å². The third kappa shape index (κ3) is 7.85. The molecule has 45 heavy (non-hydrogen) atoms. The van der Waals surface area contributed by atoms with Gasteiger partial charge < -0.3 is 29.6 Å².